The van der Waals surface area contributed by atoms with Gasteiger partial charge in [-0.3, -0.25) is 9.59 Å². The average molecular weight is 947 g/mol. The first-order valence-electron chi connectivity index (χ1n) is 30.4. The molecular weight excluding hydrogens is 827 g/mol. The number of amides is 1. The van der Waals surface area contributed by atoms with Crippen LogP contribution in [0.3, 0.4) is 0 Å². The molecule has 67 heavy (non-hydrogen) atoms. The summed E-state index contributed by atoms with van der Waals surface area (Å²) < 4.78 is 5.46. The maximum Gasteiger partial charge on any atom is 0.305 e. The number of carbonyl (C=O) groups is 2. The molecule has 0 spiro atoms. The van der Waals surface area contributed by atoms with Gasteiger partial charge in [0.05, 0.1) is 25.4 Å². The van der Waals surface area contributed by atoms with E-state index in [1.54, 1.807) is 0 Å². The molecule has 0 aromatic heterocycles. The van der Waals surface area contributed by atoms with Crippen molar-refractivity contribution in [2.45, 2.75) is 353 Å². The number of carbonyl (C=O) groups excluding carboxylic acids is 2. The monoisotopic (exact) mass is 946 g/mol. The first-order valence-corrected chi connectivity index (χ1v) is 30.4. The van der Waals surface area contributed by atoms with Crippen LogP contribution in [0.15, 0.2) is 12.2 Å². The second-order valence-electron chi connectivity index (χ2n) is 21.0. The van der Waals surface area contributed by atoms with Crippen LogP contribution in [0.5, 0.6) is 0 Å². The summed E-state index contributed by atoms with van der Waals surface area (Å²) in [5.74, 6) is -0.0245. The number of rotatable bonds is 57. The van der Waals surface area contributed by atoms with Gasteiger partial charge in [-0.1, -0.05) is 289 Å². The number of nitrogens with one attached hydrogen (secondary N) is 1. The number of unbranched alkanes of at least 4 members (excludes halogenated alkanes) is 44. The zero-order chi connectivity index (χ0) is 48.6. The van der Waals surface area contributed by atoms with Gasteiger partial charge in [0.15, 0.2) is 0 Å². The highest BCUT2D eigenvalue weighted by Crippen LogP contribution is 2.18. The molecule has 0 aliphatic heterocycles. The van der Waals surface area contributed by atoms with Gasteiger partial charge in [-0.25, -0.2) is 0 Å². The van der Waals surface area contributed by atoms with Gasteiger partial charge in [-0.15, -0.1) is 0 Å². The minimum atomic E-state index is -0.666. The van der Waals surface area contributed by atoms with Gasteiger partial charge >= 0.3 is 5.97 Å². The molecule has 0 radical (unpaired) electrons. The van der Waals surface area contributed by atoms with Crippen LogP contribution in [0, 0.1) is 0 Å². The summed E-state index contributed by atoms with van der Waals surface area (Å²) in [6.07, 6.45) is 67.9. The largest absolute Gasteiger partial charge is 0.466 e. The Morgan fingerprint density at radius 3 is 1.06 bits per heavy atom. The van der Waals surface area contributed by atoms with E-state index in [2.05, 4.69) is 31.3 Å². The summed E-state index contributed by atoms with van der Waals surface area (Å²) in [4.78, 5) is 24.5. The Labute approximate surface area is 419 Å². The fourth-order valence-electron chi connectivity index (χ4n) is 9.64. The second-order valence-corrected chi connectivity index (χ2v) is 21.0. The van der Waals surface area contributed by atoms with Crippen molar-refractivity contribution in [1.29, 1.82) is 0 Å². The smallest absolute Gasteiger partial charge is 0.305 e. The molecule has 0 aliphatic carbocycles. The van der Waals surface area contributed by atoms with E-state index in [-0.39, 0.29) is 18.5 Å². The van der Waals surface area contributed by atoms with Crippen LogP contribution in [0.2, 0.25) is 0 Å². The number of esters is 1. The first-order chi connectivity index (χ1) is 33.0. The van der Waals surface area contributed by atoms with E-state index < -0.39 is 12.1 Å². The van der Waals surface area contributed by atoms with E-state index in [4.69, 9.17) is 4.74 Å². The molecule has 0 bridgehead atoms. The first kappa shape index (κ1) is 65.6. The maximum atomic E-state index is 12.5. The molecule has 2 atom stereocenters. The Balaban J connectivity index is 3.40. The second kappa shape index (κ2) is 57.2. The summed E-state index contributed by atoms with van der Waals surface area (Å²) >= 11 is 0. The lowest BCUT2D eigenvalue weighted by atomic mass is 10.0. The van der Waals surface area contributed by atoms with E-state index >= 15 is 0 Å². The molecule has 6 nitrogen and oxygen atoms in total. The predicted octanol–water partition coefficient (Wildman–Crippen LogP) is 18.9. The van der Waals surface area contributed by atoms with Crippen molar-refractivity contribution in [1.82, 2.24) is 5.32 Å². The number of allylic oxidation sites excluding steroid dienone is 2. The molecule has 0 saturated heterocycles. The van der Waals surface area contributed by atoms with Crippen LogP contribution >= 0.6 is 0 Å². The molecule has 6 heteroatoms. The maximum absolute atomic E-state index is 12.5. The van der Waals surface area contributed by atoms with E-state index in [1.165, 1.54) is 270 Å². The Bertz CT molecular complexity index is 1000. The average Bonchev–Trinajstić information content (AvgIpc) is 3.33. The summed E-state index contributed by atoms with van der Waals surface area (Å²) in [6, 6.07) is -0.543. The van der Waals surface area contributed by atoms with Crippen molar-refractivity contribution in [3.8, 4) is 0 Å². The van der Waals surface area contributed by atoms with E-state index in [0.29, 0.717) is 25.9 Å². The zero-order valence-corrected chi connectivity index (χ0v) is 45.4. The number of aliphatic hydroxyl groups is 2. The van der Waals surface area contributed by atoms with E-state index in [9.17, 15) is 19.8 Å². The minimum Gasteiger partial charge on any atom is -0.466 e. The molecule has 3 N–H and O–H groups in total. The van der Waals surface area contributed by atoms with Gasteiger partial charge in [0.1, 0.15) is 0 Å². The molecule has 398 valence electrons. The quantitative estimate of drug-likeness (QED) is 0.0321. The number of hydrogen-bond acceptors (Lipinski definition) is 5. The van der Waals surface area contributed by atoms with Crippen molar-refractivity contribution in [3.63, 3.8) is 0 Å². The summed E-state index contributed by atoms with van der Waals surface area (Å²) in [7, 11) is 0. The van der Waals surface area contributed by atoms with Crippen LogP contribution in [0.1, 0.15) is 341 Å². The fraction of sp³-hybridized carbons (Fsp3) is 0.934. The Kier molecular flexibility index (Phi) is 56.0. The third-order valence-electron chi connectivity index (χ3n) is 14.3. The standard InChI is InChI=1S/C61H119NO5/c1-3-5-7-9-11-13-15-16-27-30-34-37-41-45-49-53-59(64)58(57-63)62-60(65)54-50-46-42-38-35-31-28-25-23-21-19-17-18-20-22-24-26-29-32-36-40-44-48-52-56-67-61(66)55-51-47-43-39-33-14-12-10-8-6-4-2/h19,21,58-59,63-64H,3-18,20,22-57H2,1-2H3,(H,62,65)/b21-19-. The third kappa shape index (κ3) is 53.8. The van der Waals surface area contributed by atoms with Crippen LogP contribution in [0.4, 0.5) is 0 Å². The molecule has 1 amide bonds. The fourth-order valence-corrected chi connectivity index (χ4v) is 9.64. The molecule has 0 aliphatic rings. The molecule has 0 heterocycles. The summed E-state index contributed by atoms with van der Waals surface area (Å²) in [6.45, 7) is 4.97. The molecule has 0 aromatic rings. The van der Waals surface area contributed by atoms with Gasteiger partial charge in [0, 0.05) is 12.8 Å². The van der Waals surface area contributed by atoms with Gasteiger partial charge in [0.25, 0.3) is 0 Å². The highest BCUT2D eigenvalue weighted by molar-refractivity contribution is 5.76. The van der Waals surface area contributed by atoms with Crippen LogP contribution < -0.4 is 5.32 Å². The Hall–Kier alpha value is -1.40. The third-order valence-corrected chi connectivity index (χ3v) is 14.3. The highest BCUT2D eigenvalue weighted by atomic mass is 16.5. The van der Waals surface area contributed by atoms with Crippen molar-refractivity contribution >= 4 is 11.9 Å². The van der Waals surface area contributed by atoms with Gasteiger partial charge in [-0.05, 0) is 51.4 Å². The van der Waals surface area contributed by atoms with Crippen LogP contribution in [0.25, 0.3) is 0 Å². The zero-order valence-electron chi connectivity index (χ0n) is 45.4. The van der Waals surface area contributed by atoms with Crippen molar-refractivity contribution in [3.05, 3.63) is 12.2 Å². The SMILES string of the molecule is CCCCCCCCCCCCCCCCCC(O)C(CO)NC(=O)CCCCCCCCCC/C=C\CCCCCCCCCCCCCCOC(=O)CCCCCCCCCCCCC. The van der Waals surface area contributed by atoms with E-state index in [0.717, 1.165) is 38.5 Å². The number of hydrogen-bond donors (Lipinski definition) is 3. The Morgan fingerprint density at radius 2 is 0.701 bits per heavy atom. The van der Waals surface area contributed by atoms with Gasteiger partial charge in [0.2, 0.25) is 5.91 Å². The number of ether oxygens (including phenoxy) is 1. The summed E-state index contributed by atoms with van der Waals surface area (Å²) in [5, 5.41) is 23.3. The molecule has 0 aromatic carbocycles. The van der Waals surface area contributed by atoms with Gasteiger partial charge < -0.3 is 20.3 Å². The Morgan fingerprint density at radius 1 is 0.403 bits per heavy atom. The lowest BCUT2D eigenvalue weighted by Gasteiger charge is -2.22. The molecule has 0 rings (SSSR count). The minimum absolute atomic E-state index is 0.0127. The lowest BCUT2D eigenvalue weighted by molar-refractivity contribution is -0.143. The van der Waals surface area contributed by atoms with Crippen LogP contribution in [-0.4, -0.2) is 47.4 Å². The molecule has 0 saturated carbocycles. The molecule has 2 unspecified atom stereocenters. The highest BCUT2D eigenvalue weighted by Gasteiger charge is 2.20. The van der Waals surface area contributed by atoms with Crippen molar-refractivity contribution in [2.75, 3.05) is 13.2 Å². The predicted molar refractivity (Wildman–Crippen MR) is 292 cm³/mol. The lowest BCUT2D eigenvalue weighted by Crippen LogP contribution is -2.45. The summed E-state index contributed by atoms with van der Waals surface area (Å²) in [5.41, 5.74) is 0. The molecule has 0 fully saturated rings. The van der Waals surface area contributed by atoms with Crippen LogP contribution in [-0.2, 0) is 14.3 Å². The van der Waals surface area contributed by atoms with Crippen molar-refractivity contribution in [2.24, 2.45) is 0 Å². The molecular formula is C61H119NO5. The van der Waals surface area contributed by atoms with Gasteiger partial charge in [-0.2, -0.15) is 0 Å². The normalized spacial score (nSPS) is 12.6. The van der Waals surface area contributed by atoms with Crippen molar-refractivity contribution < 1.29 is 24.5 Å². The topological polar surface area (TPSA) is 95.9 Å². The van der Waals surface area contributed by atoms with E-state index in [1.807, 2.05) is 0 Å². The number of aliphatic hydroxyl groups excluding tert-OH is 2.